The molecule has 0 aliphatic heterocycles. The molecule has 4 atom stereocenters. The van der Waals surface area contributed by atoms with Gasteiger partial charge in [0.1, 0.15) is 17.0 Å². The Hall–Kier alpha value is -2.72. The molecule has 1 aromatic carbocycles. The number of nitrogen functional groups attached to an aromatic ring is 1. The van der Waals surface area contributed by atoms with Crippen LogP contribution >= 0.6 is 7.82 Å². The van der Waals surface area contributed by atoms with Crippen molar-refractivity contribution in [3.8, 4) is 11.5 Å². The van der Waals surface area contributed by atoms with Gasteiger partial charge in [-0.15, -0.1) is 0 Å². The smallest absolute Gasteiger partial charge is 0.497 e. The number of imidazole rings is 1. The molecule has 1 aliphatic carbocycles. The van der Waals surface area contributed by atoms with Crippen LogP contribution in [0, 0.1) is 11.8 Å². The molecule has 0 bridgehead atoms. The summed E-state index contributed by atoms with van der Waals surface area (Å²) in [6.07, 6.45) is 3.80. The Morgan fingerprint density at radius 1 is 1.27 bits per heavy atom. The third kappa shape index (κ3) is 4.10. The van der Waals surface area contributed by atoms with E-state index in [1.54, 1.807) is 18.5 Å². The van der Waals surface area contributed by atoms with Crippen molar-refractivity contribution < 1.29 is 28.3 Å². The first-order chi connectivity index (χ1) is 14.4. The van der Waals surface area contributed by atoms with E-state index in [0.717, 1.165) is 0 Å². The van der Waals surface area contributed by atoms with Gasteiger partial charge in [0, 0.05) is 18.6 Å². The van der Waals surface area contributed by atoms with Crippen LogP contribution in [0.5, 0.6) is 11.5 Å². The molecule has 0 radical (unpaired) electrons. The van der Waals surface area contributed by atoms with Gasteiger partial charge in [-0.2, -0.15) is 4.98 Å². The summed E-state index contributed by atoms with van der Waals surface area (Å²) in [5.74, 6) is 0.577. The fourth-order valence-electron chi connectivity index (χ4n) is 3.61. The second-order valence-corrected chi connectivity index (χ2v) is 8.41. The highest BCUT2D eigenvalue weighted by molar-refractivity contribution is 7.47. The van der Waals surface area contributed by atoms with Gasteiger partial charge >= 0.3 is 7.82 Å². The predicted molar refractivity (Wildman–Crippen MR) is 107 cm³/mol. The molecular weight excluding hydrogens is 413 g/mol. The maximum absolute atomic E-state index is 12.4. The number of hydrogen-bond donors (Lipinski definition) is 3. The Kier molecular flexibility index (Phi) is 5.61. The molecule has 1 aliphatic rings. The van der Waals surface area contributed by atoms with E-state index in [9.17, 15) is 14.6 Å². The van der Waals surface area contributed by atoms with Gasteiger partial charge in [0.15, 0.2) is 5.65 Å². The lowest BCUT2D eigenvalue weighted by atomic mass is 9.70. The van der Waals surface area contributed by atoms with Crippen molar-refractivity contribution in [2.45, 2.75) is 12.5 Å². The highest BCUT2D eigenvalue weighted by atomic mass is 31.2. The zero-order valence-corrected chi connectivity index (χ0v) is 17.1. The monoisotopic (exact) mass is 435 g/mol. The lowest BCUT2D eigenvalue weighted by molar-refractivity contribution is -0.00476. The molecule has 30 heavy (non-hydrogen) atoms. The van der Waals surface area contributed by atoms with Crippen LogP contribution in [0.1, 0.15) is 12.5 Å². The average molecular weight is 435 g/mol. The van der Waals surface area contributed by atoms with Crippen LogP contribution in [0.25, 0.3) is 11.2 Å². The number of aromatic nitrogens is 4. The first kappa shape index (κ1) is 20.5. The Balaban J connectivity index is 1.45. The summed E-state index contributed by atoms with van der Waals surface area (Å²) in [5, 5.41) is 9.64. The van der Waals surface area contributed by atoms with E-state index in [4.69, 9.17) is 19.5 Å². The molecule has 4 rings (SSSR count). The number of phosphoric acid groups is 1. The van der Waals surface area contributed by atoms with Crippen LogP contribution in [0.15, 0.2) is 36.8 Å². The van der Waals surface area contributed by atoms with Gasteiger partial charge in [0.2, 0.25) is 5.95 Å². The fraction of sp³-hybridized carbons (Fsp3) is 0.389. The van der Waals surface area contributed by atoms with Crippen molar-refractivity contribution in [3.05, 3.63) is 36.8 Å². The van der Waals surface area contributed by atoms with Gasteiger partial charge in [-0.1, -0.05) is 0 Å². The number of ether oxygens (including phenoxy) is 1. The molecule has 160 valence electrons. The fourth-order valence-corrected chi connectivity index (χ4v) is 4.42. The molecular formula is C18H22N5O6P. The summed E-state index contributed by atoms with van der Waals surface area (Å²) in [6.45, 7) is -0.149. The van der Waals surface area contributed by atoms with Crippen molar-refractivity contribution >= 4 is 24.9 Å². The maximum Gasteiger partial charge on any atom is 0.527 e. The molecule has 1 saturated carbocycles. The molecule has 0 saturated heterocycles. The number of nitrogens with two attached hydrogens (primary N) is 1. The van der Waals surface area contributed by atoms with Crippen molar-refractivity contribution in [3.63, 3.8) is 0 Å². The highest BCUT2D eigenvalue weighted by Gasteiger charge is 2.44. The van der Waals surface area contributed by atoms with E-state index < -0.39 is 7.82 Å². The molecule has 11 nitrogen and oxygen atoms in total. The molecule has 0 amide bonds. The molecule has 1 unspecified atom stereocenters. The van der Waals surface area contributed by atoms with Crippen molar-refractivity contribution in [2.24, 2.45) is 11.8 Å². The van der Waals surface area contributed by atoms with Crippen molar-refractivity contribution in [1.29, 1.82) is 0 Å². The molecule has 4 N–H and O–H groups in total. The Bertz CT molecular complexity index is 1070. The standard InChI is InChI=1S/C18H22N5O6P/c1-27-12-2-4-13(5-3-12)29-30(25,26)28-9-14-11(8-24)6-16(14)23-10-21-15-7-20-18(19)22-17(15)23/h2-5,7,10-11,14,16,24H,6,8-9H2,1H3,(H,25,26)(H2,19,20,22)/t11-,14-,16-/m1/s1. The molecule has 12 heteroatoms. The number of anilines is 1. The van der Waals surface area contributed by atoms with Gasteiger partial charge in [0.05, 0.1) is 26.2 Å². The SMILES string of the molecule is COc1ccc(OP(=O)(O)OC[C@@H]2[C@@H](CO)C[C@H]2n2cnc3cnc(N)nc32)cc1. The minimum Gasteiger partial charge on any atom is -0.497 e. The summed E-state index contributed by atoms with van der Waals surface area (Å²) in [6, 6.07) is 6.11. The van der Waals surface area contributed by atoms with Crippen LogP contribution in [-0.4, -0.2) is 49.8 Å². The summed E-state index contributed by atoms with van der Waals surface area (Å²) in [5.41, 5.74) is 6.84. The summed E-state index contributed by atoms with van der Waals surface area (Å²) < 4.78 is 29.6. The number of benzene rings is 1. The Labute approximate surface area is 172 Å². The molecule has 3 aromatic rings. The largest absolute Gasteiger partial charge is 0.527 e. The van der Waals surface area contributed by atoms with Gasteiger partial charge in [-0.25, -0.2) is 14.5 Å². The van der Waals surface area contributed by atoms with Crippen LogP contribution in [-0.2, 0) is 9.09 Å². The average Bonchev–Trinajstić information content (AvgIpc) is 3.10. The molecule has 0 spiro atoms. The molecule has 2 aromatic heterocycles. The van der Waals surface area contributed by atoms with E-state index >= 15 is 0 Å². The molecule has 2 heterocycles. The number of fused-ring (bicyclic) bond motifs is 1. The summed E-state index contributed by atoms with van der Waals surface area (Å²) in [7, 11) is -2.84. The Morgan fingerprint density at radius 2 is 2.00 bits per heavy atom. The molecule has 1 fully saturated rings. The number of nitrogens with zero attached hydrogens (tertiary/aromatic N) is 4. The van der Waals surface area contributed by atoms with E-state index in [1.165, 1.54) is 25.4 Å². The third-order valence-corrected chi connectivity index (χ3v) is 6.20. The van der Waals surface area contributed by atoms with Crippen LogP contribution in [0.4, 0.5) is 5.95 Å². The summed E-state index contributed by atoms with van der Waals surface area (Å²) >= 11 is 0. The minimum atomic E-state index is -4.36. The minimum absolute atomic E-state index is 0.0661. The quantitative estimate of drug-likeness (QED) is 0.446. The van der Waals surface area contributed by atoms with Crippen LogP contribution in [0.2, 0.25) is 0 Å². The van der Waals surface area contributed by atoms with Crippen molar-refractivity contribution in [2.75, 3.05) is 26.1 Å². The lowest BCUT2D eigenvalue weighted by Gasteiger charge is -2.44. The zero-order valence-electron chi connectivity index (χ0n) is 16.2. The number of phosphoric ester groups is 1. The number of hydrogen-bond acceptors (Lipinski definition) is 9. The maximum atomic E-state index is 12.4. The van der Waals surface area contributed by atoms with E-state index in [1.807, 2.05) is 4.57 Å². The van der Waals surface area contributed by atoms with Crippen LogP contribution in [0.3, 0.4) is 0 Å². The first-order valence-corrected chi connectivity index (χ1v) is 10.8. The van der Waals surface area contributed by atoms with E-state index in [2.05, 4.69) is 15.0 Å². The van der Waals surface area contributed by atoms with Gasteiger partial charge < -0.3 is 24.7 Å². The van der Waals surface area contributed by atoms with Crippen molar-refractivity contribution in [1.82, 2.24) is 19.5 Å². The van der Waals surface area contributed by atoms with E-state index in [0.29, 0.717) is 23.3 Å². The highest BCUT2D eigenvalue weighted by Crippen LogP contribution is 2.50. The lowest BCUT2D eigenvalue weighted by Crippen LogP contribution is -2.43. The Morgan fingerprint density at radius 3 is 2.70 bits per heavy atom. The third-order valence-electron chi connectivity index (χ3n) is 5.28. The number of aliphatic hydroxyl groups excluding tert-OH is 1. The number of rotatable bonds is 8. The number of aliphatic hydroxyl groups is 1. The predicted octanol–water partition coefficient (Wildman–Crippen LogP) is 1.78. The van der Waals surface area contributed by atoms with Gasteiger partial charge in [0.25, 0.3) is 0 Å². The zero-order chi connectivity index (χ0) is 21.3. The second-order valence-electron chi connectivity index (χ2n) is 7.03. The van der Waals surface area contributed by atoms with E-state index in [-0.39, 0.29) is 42.8 Å². The van der Waals surface area contributed by atoms with Gasteiger partial charge in [-0.3, -0.25) is 9.42 Å². The number of methoxy groups -OCH3 is 1. The summed E-state index contributed by atoms with van der Waals surface area (Å²) in [4.78, 5) is 22.5. The second kappa shape index (κ2) is 8.19. The normalized spacial score (nSPS) is 23.0. The van der Waals surface area contributed by atoms with Crippen LogP contribution < -0.4 is 15.0 Å². The first-order valence-electron chi connectivity index (χ1n) is 9.27. The topological polar surface area (TPSA) is 155 Å². The van der Waals surface area contributed by atoms with Gasteiger partial charge in [-0.05, 0) is 36.6 Å².